The molecule has 1 fully saturated rings. The van der Waals surface area contributed by atoms with Crippen molar-refractivity contribution in [3.8, 4) is 0 Å². The summed E-state index contributed by atoms with van der Waals surface area (Å²) in [5, 5.41) is 11.8. The first-order chi connectivity index (χ1) is 9.66. The van der Waals surface area contributed by atoms with Gasteiger partial charge in [0.2, 0.25) is 0 Å². The summed E-state index contributed by atoms with van der Waals surface area (Å²) in [7, 11) is 0. The number of piperidine rings is 1. The minimum Gasteiger partial charge on any atom is -0.370 e. The Morgan fingerprint density at radius 2 is 1.95 bits per heavy atom. The Kier molecular flexibility index (Phi) is 3.06. The van der Waals surface area contributed by atoms with Gasteiger partial charge in [0.05, 0.1) is 4.92 Å². The van der Waals surface area contributed by atoms with E-state index in [4.69, 9.17) is 0 Å². The molecule has 1 aliphatic rings. The van der Waals surface area contributed by atoms with Crippen molar-refractivity contribution in [2.75, 3.05) is 18.0 Å². The normalized spacial score (nSPS) is 15.6. The van der Waals surface area contributed by atoms with Crippen molar-refractivity contribution in [2.45, 2.75) is 12.8 Å². The highest BCUT2D eigenvalue weighted by atomic mass is 16.6. The maximum atomic E-state index is 11.3. The second kappa shape index (κ2) is 4.88. The van der Waals surface area contributed by atoms with Gasteiger partial charge in [-0.25, -0.2) is 4.98 Å². The number of carbonyl (C=O) groups is 1. The Morgan fingerprint density at radius 3 is 2.65 bits per heavy atom. The van der Waals surface area contributed by atoms with Crippen molar-refractivity contribution >= 4 is 28.1 Å². The van der Waals surface area contributed by atoms with Gasteiger partial charge < -0.3 is 4.90 Å². The lowest BCUT2D eigenvalue weighted by Crippen LogP contribution is -2.33. The zero-order valence-electron chi connectivity index (χ0n) is 10.8. The van der Waals surface area contributed by atoms with Gasteiger partial charge in [-0.05, 0) is 18.2 Å². The van der Waals surface area contributed by atoms with Crippen molar-refractivity contribution in [3.63, 3.8) is 0 Å². The number of non-ortho nitro benzene ring substituents is 1. The molecule has 2 heterocycles. The third-order valence-corrected chi connectivity index (χ3v) is 3.58. The first-order valence-electron chi connectivity index (χ1n) is 6.45. The van der Waals surface area contributed by atoms with Crippen LogP contribution >= 0.6 is 0 Å². The number of anilines is 1. The number of carbonyl (C=O) groups excluding carboxylic acids is 1. The maximum Gasteiger partial charge on any atom is 0.295 e. The average Bonchev–Trinajstić information content (AvgIpc) is 2.47. The standard InChI is InChI=1S/C14H13N3O3/c18-10-5-8-16(9-6-10)12-3-4-13(17(19)20)14-11(12)2-1-7-15-14/h1-4,7H,5-6,8-9H2. The lowest BCUT2D eigenvalue weighted by Gasteiger charge is -2.29. The molecule has 6 nitrogen and oxygen atoms in total. The lowest BCUT2D eigenvalue weighted by atomic mass is 10.1. The number of fused-ring (bicyclic) bond motifs is 1. The van der Waals surface area contributed by atoms with E-state index in [1.807, 2.05) is 6.07 Å². The Balaban J connectivity index is 2.11. The molecule has 1 aromatic heterocycles. The minimum atomic E-state index is -0.418. The summed E-state index contributed by atoms with van der Waals surface area (Å²) in [6.07, 6.45) is 2.61. The number of nitro benzene ring substituents is 1. The predicted octanol–water partition coefficient (Wildman–Crippen LogP) is 2.31. The monoisotopic (exact) mass is 271 g/mol. The van der Waals surface area contributed by atoms with E-state index in [2.05, 4.69) is 9.88 Å². The third kappa shape index (κ3) is 2.09. The van der Waals surface area contributed by atoms with Gasteiger partial charge in [-0.15, -0.1) is 0 Å². The number of Topliss-reactive ketones (excluding diaryl/α,β-unsaturated/α-hetero) is 1. The summed E-state index contributed by atoms with van der Waals surface area (Å²) in [5.74, 6) is 0.269. The van der Waals surface area contributed by atoms with Gasteiger partial charge in [0.15, 0.2) is 0 Å². The van der Waals surface area contributed by atoms with E-state index < -0.39 is 4.92 Å². The summed E-state index contributed by atoms with van der Waals surface area (Å²) in [6.45, 7) is 1.31. The van der Waals surface area contributed by atoms with Crippen LogP contribution in [0, 0.1) is 10.1 Å². The number of hydrogen-bond donors (Lipinski definition) is 0. The second-order valence-corrected chi connectivity index (χ2v) is 4.79. The molecule has 0 amide bonds. The van der Waals surface area contributed by atoms with Crippen LogP contribution in [0.5, 0.6) is 0 Å². The predicted molar refractivity (Wildman–Crippen MR) is 74.9 cm³/mol. The molecule has 2 aromatic rings. The molecule has 0 bridgehead atoms. The van der Waals surface area contributed by atoms with Gasteiger partial charge in [-0.2, -0.15) is 0 Å². The van der Waals surface area contributed by atoms with Crippen LogP contribution in [0.4, 0.5) is 11.4 Å². The fraction of sp³-hybridized carbons (Fsp3) is 0.286. The molecule has 1 saturated heterocycles. The first-order valence-corrected chi connectivity index (χ1v) is 6.45. The van der Waals surface area contributed by atoms with Gasteiger partial charge >= 0.3 is 0 Å². The van der Waals surface area contributed by atoms with Gasteiger partial charge in [0, 0.05) is 49.3 Å². The first kappa shape index (κ1) is 12.5. The third-order valence-electron chi connectivity index (χ3n) is 3.58. The molecule has 3 rings (SSSR count). The van der Waals surface area contributed by atoms with Crippen LogP contribution in [-0.4, -0.2) is 28.8 Å². The van der Waals surface area contributed by atoms with E-state index in [0.29, 0.717) is 31.4 Å². The molecule has 0 radical (unpaired) electrons. The minimum absolute atomic E-state index is 0.0115. The number of pyridine rings is 1. The van der Waals surface area contributed by atoms with Crippen LogP contribution in [0.1, 0.15) is 12.8 Å². The van der Waals surface area contributed by atoms with E-state index in [0.717, 1.165) is 11.1 Å². The van der Waals surface area contributed by atoms with Crippen LogP contribution in [0.15, 0.2) is 30.5 Å². The topological polar surface area (TPSA) is 76.3 Å². The zero-order valence-corrected chi connectivity index (χ0v) is 10.8. The SMILES string of the molecule is O=C1CCN(c2ccc([N+](=O)[O-])c3ncccc23)CC1. The summed E-state index contributed by atoms with van der Waals surface area (Å²) < 4.78 is 0. The van der Waals surface area contributed by atoms with Crippen LogP contribution in [0.3, 0.4) is 0 Å². The molecule has 102 valence electrons. The Hall–Kier alpha value is -2.50. The van der Waals surface area contributed by atoms with Gasteiger partial charge in [-0.3, -0.25) is 14.9 Å². The summed E-state index contributed by atoms with van der Waals surface area (Å²) >= 11 is 0. The number of ketones is 1. The zero-order chi connectivity index (χ0) is 14.1. The molecule has 20 heavy (non-hydrogen) atoms. The van der Waals surface area contributed by atoms with E-state index in [9.17, 15) is 14.9 Å². The quantitative estimate of drug-likeness (QED) is 0.618. The van der Waals surface area contributed by atoms with E-state index in [-0.39, 0.29) is 11.5 Å². The van der Waals surface area contributed by atoms with Crippen LogP contribution in [0.2, 0.25) is 0 Å². The van der Waals surface area contributed by atoms with E-state index >= 15 is 0 Å². The van der Waals surface area contributed by atoms with Crippen LogP contribution < -0.4 is 4.90 Å². The maximum absolute atomic E-state index is 11.3. The molecule has 1 aromatic carbocycles. The highest BCUT2D eigenvalue weighted by molar-refractivity contribution is 5.97. The lowest BCUT2D eigenvalue weighted by molar-refractivity contribution is -0.383. The van der Waals surface area contributed by atoms with Gasteiger partial charge in [0.1, 0.15) is 11.3 Å². The van der Waals surface area contributed by atoms with Crippen LogP contribution in [-0.2, 0) is 4.79 Å². The number of nitro groups is 1. The average molecular weight is 271 g/mol. The molecule has 0 saturated carbocycles. The molecular weight excluding hydrogens is 258 g/mol. The molecule has 0 N–H and O–H groups in total. The smallest absolute Gasteiger partial charge is 0.295 e. The van der Waals surface area contributed by atoms with E-state index in [1.54, 1.807) is 18.3 Å². The number of aromatic nitrogens is 1. The molecule has 0 unspecified atom stereocenters. The van der Waals surface area contributed by atoms with Crippen molar-refractivity contribution in [2.24, 2.45) is 0 Å². The highest BCUT2D eigenvalue weighted by Gasteiger charge is 2.21. The number of rotatable bonds is 2. The largest absolute Gasteiger partial charge is 0.370 e. The Bertz CT molecular complexity index is 689. The Labute approximate surface area is 115 Å². The molecule has 0 spiro atoms. The van der Waals surface area contributed by atoms with Gasteiger partial charge in [0.25, 0.3) is 5.69 Å². The van der Waals surface area contributed by atoms with Crippen molar-refractivity contribution in [3.05, 3.63) is 40.6 Å². The molecule has 0 atom stereocenters. The highest BCUT2D eigenvalue weighted by Crippen LogP contribution is 2.32. The molecule has 6 heteroatoms. The summed E-state index contributed by atoms with van der Waals surface area (Å²) in [5.41, 5.74) is 1.32. The van der Waals surface area contributed by atoms with E-state index in [1.165, 1.54) is 6.07 Å². The fourth-order valence-corrected chi connectivity index (χ4v) is 2.56. The molecule has 1 aliphatic heterocycles. The van der Waals surface area contributed by atoms with Crippen molar-refractivity contribution < 1.29 is 9.72 Å². The Morgan fingerprint density at radius 1 is 1.20 bits per heavy atom. The summed E-state index contributed by atoms with van der Waals surface area (Å²) in [4.78, 5) is 28.2. The number of nitrogens with zero attached hydrogens (tertiary/aromatic N) is 3. The molecule has 0 aliphatic carbocycles. The second-order valence-electron chi connectivity index (χ2n) is 4.79. The molecular formula is C14H13N3O3. The van der Waals surface area contributed by atoms with Crippen LogP contribution in [0.25, 0.3) is 10.9 Å². The number of hydrogen-bond acceptors (Lipinski definition) is 5. The fourth-order valence-electron chi connectivity index (χ4n) is 2.56. The van der Waals surface area contributed by atoms with Crippen molar-refractivity contribution in [1.82, 2.24) is 4.98 Å². The van der Waals surface area contributed by atoms with Gasteiger partial charge in [-0.1, -0.05) is 0 Å². The van der Waals surface area contributed by atoms with Crippen molar-refractivity contribution in [1.29, 1.82) is 0 Å². The summed E-state index contributed by atoms with van der Waals surface area (Å²) in [6, 6.07) is 6.84. The number of benzene rings is 1.